The molecule has 0 atom stereocenters. The lowest BCUT2D eigenvalue weighted by atomic mass is 10.0. The summed E-state index contributed by atoms with van der Waals surface area (Å²) in [5.41, 5.74) is 1.50. The highest BCUT2D eigenvalue weighted by Gasteiger charge is 2.29. The lowest BCUT2D eigenvalue weighted by molar-refractivity contribution is -0.136. The van der Waals surface area contributed by atoms with Crippen LogP contribution in [0.5, 0.6) is 5.75 Å². The Balaban J connectivity index is 1.92. The fourth-order valence-corrected chi connectivity index (χ4v) is 2.15. The van der Waals surface area contributed by atoms with E-state index in [0.29, 0.717) is 5.69 Å². The van der Waals surface area contributed by atoms with E-state index in [2.05, 4.69) is 10.6 Å². The molecule has 1 aliphatic rings. The quantitative estimate of drug-likeness (QED) is 0.786. The third-order valence-corrected chi connectivity index (χ3v) is 2.95. The Morgan fingerprint density at radius 1 is 1.40 bits per heavy atom. The first-order chi connectivity index (χ1) is 9.35. The van der Waals surface area contributed by atoms with E-state index >= 15 is 0 Å². The number of ether oxygens (including phenoxy) is 1. The van der Waals surface area contributed by atoms with Crippen LogP contribution >= 0.6 is 0 Å². The topological polar surface area (TPSA) is 87.7 Å². The summed E-state index contributed by atoms with van der Waals surface area (Å²) in [5, 5.41) is 13.6. The monoisotopic (exact) mass is 278 g/mol. The minimum Gasteiger partial charge on any atom is -0.487 e. The maximum atomic E-state index is 11.6. The number of carboxylic acid groups (broad SMARTS) is 1. The van der Waals surface area contributed by atoms with Gasteiger partial charge in [0.15, 0.2) is 0 Å². The second kappa shape index (κ2) is 5.40. The minimum atomic E-state index is -0.942. The van der Waals surface area contributed by atoms with E-state index in [1.54, 1.807) is 6.07 Å². The van der Waals surface area contributed by atoms with Crippen molar-refractivity contribution in [3.8, 4) is 5.75 Å². The number of carbonyl (C=O) groups is 2. The molecule has 6 nitrogen and oxygen atoms in total. The molecule has 2 rings (SSSR count). The molecule has 1 aliphatic heterocycles. The fourth-order valence-electron chi connectivity index (χ4n) is 2.15. The van der Waals surface area contributed by atoms with Crippen LogP contribution in [0.2, 0.25) is 0 Å². The lowest BCUT2D eigenvalue weighted by Crippen LogP contribution is -2.30. The predicted octanol–water partition coefficient (Wildman–Crippen LogP) is 2.00. The average molecular weight is 278 g/mol. The molecule has 3 N–H and O–H groups in total. The molecule has 0 aromatic heterocycles. The molecule has 2 amide bonds. The minimum absolute atomic E-state index is 0.0976. The maximum absolute atomic E-state index is 11.6. The molecular formula is C14H18N2O4. The average Bonchev–Trinajstić information content (AvgIpc) is 2.61. The van der Waals surface area contributed by atoms with Gasteiger partial charge >= 0.3 is 12.0 Å². The Kier molecular flexibility index (Phi) is 3.83. The van der Waals surface area contributed by atoms with Crippen LogP contribution in [0.15, 0.2) is 18.2 Å². The van der Waals surface area contributed by atoms with Crippen molar-refractivity contribution in [2.75, 3.05) is 11.9 Å². The molecule has 0 unspecified atom stereocenters. The number of nitrogens with one attached hydrogen (secondary N) is 2. The molecule has 0 saturated heterocycles. The lowest BCUT2D eigenvalue weighted by Gasteiger charge is -2.16. The molecular weight excluding hydrogens is 260 g/mol. The van der Waals surface area contributed by atoms with Gasteiger partial charge in [-0.2, -0.15) is 0 Å². The SMILES string of the molecule is CC1(C)Cc2cc(NC(=O)NCCC(=O)O)ccc2O1. The molecule has 0 saturated carbocycles. The van der Waals surface area contributed by atoms with Gasteiger partial charge in [-0.05, 0) is 32.0 Å². The molecule has 0 bridgehead atoms. The molecule has 0 fully saturated rings. The van der Waals surface area contributed by atoms with Gasteiger partial charge in [0.25, 0.3) is 0 Å². The van der Waals surface area contributed by atoms with E-state index < -0.39 is 12.0 Å². The van der Waals surface area contributed by atoms with E-state index in [-0.39, 0.29) is 18.6 Å². The molecule has 0 aliphatic carbocycles. The summed E-state index contributed by atoms with van der Waals surface area (Å²) in [6.45, 7) is 4.12. The summed E-state index contributed by atoms with van der Waals surface area (Å²) in [7, 11) is 0. The van der Waals surface area contributed by atoms with Crippen molar-refractivity contribution in [2.45, 2.75) is 32.3 Å². The standard InChI is InChI=1S/C14H18N2O4/c1-14(2)8-9-7-10(3-4-11(9)20-14)16-13(19)15-6-5-12(17)18/h3-4,7H,5-6,8H2,1-2H3,(H,17,18)(H2,15,16,19). The number of anilines is 1. The summed E-state index contributed by atoms with van der Waals surface area (Å²) >= 11 is 0. The number of hydrogen-bond donors (Lipinski definition) is 3. The molecule has 1 heterocycles. The zero-order valence-corrected chi connectivity index (χ0v) is 11.5. The number of hydrogen-bond acceptors (Lipinski definition) is 3. The third-order valence-electron chi connectivity index (χ3n) is 2.95. The molecule has 20 heavy (non-hydrogen) atoms. The van der Waals surface area contributed by atoms with Gasteiger partial charge in [0.1, 0.15) is 11.4 Å². The summed E-state index contributed by atoms with van der Waals surface area (Å²) in [6.07, 6.45) is 0.693. The Morgan fingerprint density at radius 3 is 2.85 bits per heavy atom. The highest BCUT2D eigenvalue weighted by Crippen LogP contribution is 2.36. The van der Waals surface area contributed by atoms with Crippen LogP contribution in [-0.2, 0) is 11.2 Å². The number of benzene rings is 1. The largest absolute Gasteiger partial charge is 0.487 e. The van der Waals surface area contributed by atoms with Gasteiger partial charge in [0.2, 0.25) is 0 Å². The zero-order chi connectivity index (χ0) is 14.8. The van der Waals surface area contributed by atoms with E-state index in [1.165, 1.54) is 0 Å². The summed E-state index contributed by atoms with van der Waals surface area (Å²) in [6, 6.07) is 5.05. The van der Waals surface area contributed by atoms with E-state index in [9.17, 15) is 9.59 Å². The van der Waals surface area contributed by atoms with Crippen molar-refractivity contribution in [1.29, 1.82) is 0 Å². The van der Waals surface area contributed by atoms with Crippen molar-refractivity contribution < 1.29 is 19.4 Å². The van der Waals surface area contributed by atoms with Crippen LogP contribution < -0.4 is 15.4 Å². The van der Waals surface area contributed by atoms with Gasteiger partial charge in [0.05, 0.1) is 6.42 Å². The number of amides is 2. The number of rotatable bonds is 4. The van der Waals surface area contributed by atoms with Crippen molar-refractivity contribution in [1.82, 2.24) is 5.32 Å². The van der Waals surface area contributed by atoms with E-state index in [4.69, 9.17) is 9.84 Å². The second-order valence-corrected chi connectivity index (χ2v) is 5.39. The summed E-state index contributed by atoms with van der Waals surface area (Å²) in [5.74, 6) is -0.103. The first-order valence-electron chi connectivity index (χ1n) is 6.44. The maximum Gasteiger partial charge on any atom is 0.319 e. The number of aliphatic carboxylic acids is 1. The smallest absolute Gasteiger partial charge is 0.319 e. The number of urea groups is 1. The fraction of sp³-hybridized carbons (Fsp3) is 0.429. The first-order valence-corrected chi connectivity index (χ1v) is 6.44. The molecule has 108 valence electrons. The Bertz CT molecular complexity index is 540. The predicted molar refractivity (Wildman–Crippen MR) is 74.1 cm³/mol. The van der Waals surface area contributed by atoms with Gasteiger partial charge in [-0.25, -0.2) is 4.79 Å². The Labute approximate surface area is 117 Å². The van der Waals surface area contributed by atoms with Crippen LogP contribution in [0.4, 0.5) is 10.5 Å². The van der Waals surface area contributed by atoms with Gasteiger partial charge in [-0.3, -0.25) is 4.79 Å². The number of fused-ring (bicyclic) bond motifs is 1. The van der Waals surface area contributed by atoms with Crippen molar-refractivity contribution in [2.24, 2.45) is 0 Å². The Hall–Kier alpha value is -2.24. The molecule has 1 aromatic rings. The number of carbonyl (C=O) groups excluding carboxylic acids is 1. The summed E-state index contributed by atoms with van der Waals surface area (Å²) < 4.78 is 5.75. The molecule has 6 heteroatoms. The van der Waals surface area contributed by atoms with Gasteiger partial charge < -0.3 is 20.5 Å². The first kappa shape index (κ1) is 14.2. The number of carboxylic acids is 1. The van der Waals surface area contributed by atoms with Crippen molar-refractivity contribution in [3.63, 3.8) is 0 Å². The molecule has 0 spiro atoms. The van der Waals surface area contributed by atoms with Gasteiger partial charge in [-0.1, -0.05) is 0 Å². The van der Waals surface area contributed by atoms with Crippen molar-refractivity contribution >= 4 is 17.7 Å². The third kappa shape index (κ3) is 3.63. The van der Waals surface area contributed by atoms with E-state index in [0.717, 1.165) is 17.7 Å². The van der Waals surface area contributed by atoms with Crippen LogP contribution in [0.3, 0.4) is 0 Å². The van der Waals surface area contributed by atoms with Gasteiger partial charge in [0, 0.05) is 24.2 Å². The Morgan fingerprint density at radius 2 is 2.15 bits per heavy atom. The normalized spacial score (nSPS) is 15.1. The van der Waals surface area contributed by atoms with Crippen LogP contribution in [-0.4, -0.2) is 29.3 Å². The van der Waals surface area contributed by atoms with Crippen LogP contribution in [0.1, 0.15) is 25.8 Å². The van der Waals surface area contributed by atoms with Crippen LogP contribution in [0, 0.1) is 0 Å². The second-order valence-electron chi connectivity index (χ2n) is 5.39. The summed E-state index contributed by atoms with van der Waals surface area (Å²) in [4.78, 5) is 21.9. The highest BCUT2D eigenvalue weighted by atomic mass is 16.5. The van der Waals surface area contributed by atoms with Crippen LogP contribution in [0.25, 0.3) is 0 Å². The van der Waals surface area contributed by atoms with E-state index in [1.807, 2.05) is 26.0 Å². The zero-order valence-electron chi connectivity index (χ0n) is 11.5. The van der Waals surface area contributed by atoms with Crippen molar-refractivity contribution in [3.05, 3.63) is 23.8 Å². The van der Waals surface area contributed by atoms with Gasteiger partial charge in [-0.15, -0.1) is 0 Å². The molecule has 0 radical (unpaired) electrons. The highest BCUT2D eigenvalue weighted by molar-refractivity contribution is 5.89. The molecule has 1 aromatic carbocycles.